The molecule has 0 saturated heterocycles. The van der Waals surface area contributed by atoms with Gasteiger partial charge in [0.1, 0.15) is 11.5 Å². The standard InChI is InChI=1S/C19H23ClN2O3/c1-4-22(14-8-6-5-7-9-14)11-10-19(23)21-16-13-17(24-2)15(20)12-18(16)25-3/h5-9,12-13H,4,10-11H2,1-3H3,(H,21,23). The van der Waals surface area contributed by atoms with Crippen LogP contribution >= 0.6 is 11.6 Å². The van der Waals surface area contributed by atoms with E-state index in [0.717, 1.165) is 12.2 Å². The van der Waals surface area contributed by atoms with Gasteiger partial charge in [-0.15, -0.1) is 0 Å². The molecule has 1 N–H and O–H groups in total. The second kappa shape index (κ2) is 9.18. The molecule has 0 aliphatic carbocycles. The topological polar surface area (TPSA) is 50.8 Å². The van der Waals surface area contributed by atoms with Crippen LogP contribution in [0.15, 0.2) is 42.5 Å². The maximum Gasteiger partial charge on any atom is 0.226 e. The van der Waals surface area contributed by atoms with E-state index in [4.69, 9.17) is 21.1 Å². The van der Waals surface area contributed by atoms with Crippen LogP contribution in [0.4, 0.5) is 11.4 Å². The smallest absolute Gasteiger partial charge is 0.226 e. The fourth-order valence-electron chi connectivity index (χ4n) is 2.52. The van der Waals surface area contributed by atoms with Gasteiger partial charge in [-0.05, 0) is 19.1 Å². The van der Waals surface area contributed by atoms with Crippen molar-refractivity contribution in [1.29, 1.82) is 0 Å². The van der Waals surface area contributed by atoms with Crippen molar-refractivity contribution in [1.82, 2.24) is 0 Å². The number of methoxy groups -OCH3 is 2. The molecule has 2 rings (SSSR count). The third-order valence-electron chi connectivity index (χ3n) is 3.86. The van der Waals surface area contributed by atoms with Crippen molar-refractivity contribution in [2.24, 2.45) is 0 Å². The fourth-order valence-corrected chi connectivity index (χ4v) is 2.75. The molecule has 0 saturated carbocycles. The lowest BCUT2D eigenvalue weighted by Crippen LogP contribution is -2.27. The van der Waals surface area contributed by atoms with Gasteiger partial charge in [-0.25, -0.2) is 0 Å². The van der Waals surface area contributed by atoms with Gasteiger partial charge in [-0.2, -0.15) is 0 Å². The quantitative estimate of drug-likeness (QED) is 0.764. The van der Waals surface area contributed by atoms with Gasteiger partial charge in [0.05, 0.1) is 24.9 Å². The highest BCUT2D eigenvalue weighted by Crippen LogP contribution is 2.35. The number of hydrogen-bond acceptors (Lipinski definition) is 4. The minimum absolute atomic E-state index is 0.0999. The highest BCUT2D eigenvalue weighted by molar-refractivity contribution is 6.32. The SMILES string of the molecule is CCN(CCC(=O)Nc1cc(OC)c(Cl)cc1OC)c1ccccc1. The predicted molar refractivity (Wildman–Crippen MR) is 102 cm³/mol. The van der Waals surface area contributed by atoms with Gasteiger partial charge in [-0.3, -0.25) is 4.79 Å². The minimum Gasteiger partial charge on any atom is -0.495 e. The molecule has 5 nitrogen and oxygen atoms in total. The first-order valence-corrected chi connectivity index (χ1v) is 8.48. The number of rotatable bonds is 8. The second-order valence-corrected chi connectivity index (χ2v) is 5.81. The Hall–Kier alpha value is -2.40. The number of nitrogens with one attached hydrogen (secondary N) is 1. The summed E-state index contributed by atoms with van der Waals surface area (Å²) >= 11 is 6.08. The van der Waals surface area contributed by atoms with Crippen molar-refractivity contribution >= 4 is 28.9 Å². The van der Waals surface area contributed by atoms with Crippen molar-refractivity contribution < 1.29 is 14.3 Å². The summed E-state index contributed by atoms with van der Waals surface area (Å²) in [6.07, 6.45) is 0.358. The lowest BCUT2D eigenvalue weighted by atomic mass is 10.2. The first kappa shape index (κ1) is 18.9. The largest absolute Gasteiger partial charge is 0.495 e. The van der Waals surface area contributed by atoms with E-state index in [-0.39, 0.29) is 5.91 Å². The van der Waals surface area contributed by atoms with Crippen molar-refractivity contribution in [3.05, 3.63) is 47.5 Å². The second-order valence-electron chi connectivity index (χ2n) is 5.40. The normalized spacial score (nSPS) is 10.2. The molecule has 0 unspecified atom stereocenters. The summed E-state index contributed by atoms with van der Waals surface area (Å²) in [5, 5.41) is 3.29. The van der Waals surface area contributed by atoms with Crippen LogP contribution in [0.2, 0.25) is 5.02 Å². The molecule has 6 heteroatoms. The number of para-hydroxylation sites is 1. The van der Waals surface area contributed by atoms with Gasteiger partial charge in [0.15, 0.2) is 0 Å². The molecule has 134 valence electrons. The van der Waals surface area contributed by atoms with Gasteiger partial charge in [-0.1, -0.05) is 29.8 Å². The van der Waals surface area contributed by atoms with Crippen LogP contribution < -0.4 is 19.7 Å². The number of nitrogens with zero attached hydrogens (tertiary/aromatic N) is 1. The van der Waals surface area contributed by atoms with E-state index in [0.29, 0.717) is 35.2 Å². The van der Waals surface area contributed by atoms with Crippen LogP contribution in [0, 0.1) is 0 Å². The average molecular weight is 363 g/mol. The van der Waals surface area contributed by atoms with Gasteiger partial charge in [0.2, 0.25) is 5.91 Å². The van der Waals surface area contributed by atoms with Crippen molar-refractivity contribution in [2.45, 2.75) is 13.3 Å². The number of anilines is 2. The highest BCUT2D eigenvalue weighted by Gasteiger charge is 2.13. The van der Waals surface area contributed by atoms with Gasteiger partial charge >= 0.3 is 0 Å². The number of ether oxygens (including phenoxy) is 2. The maximum absolute atomic E-state index is 12.3. The number of halogens is 1. The summed E-state index contributed by atoms with van der Waals surface area (Å²) in [6, 6.07) is 13.3. The molecule has 0 aliphatic heterocycles. The number of hydrogen-bond donors (Lipinski definition) is 1. The van der Waals surface area contributed by atoms with E-state index < -0.39 is 0 Å². The molecular formula is C19H23ClN2O3. The highest BCUT2D eigenvalue weighted by atomic mass is 35.5. The van der Waals surface area contributed by atoms with E-state index in [1.54, 1.807) is 12.1 Å². The first-order chi connectivity index (χ1) is 12.1. The minimum atomic E-state index is -0.0999. The van der Waals surface area contributed by atoms with Gasteiger partial charge in [0.25, 0.3) is 0 Å². The summed E-state index contributed by atoms with van der Waals surface area (Å²) in [7, 11) is 3.06. The third-order valence-corrected chi connectivity index (χ3v) is 4.16. The van der Waals surface area contributed by atoms with Crippen LogP contribution in [-0.2, 0) is 4.79 Å². The molecule has 0 atom stereocenters. The maximum atomic E-state index is 12.3. The average Bonchev–Trinajstić information content (AvgIpc) is 2.64. The van der Waals surface area contributed by atoms with Crippen LogP contribution in [0.25, 0.3) is 0 Å². The Labute approximate surface area is 153 Å². The molecular weight excluding hydrogens is 340 g/mol. The van der Waals surface area contributed by atoms with Crippen LogP contribution in [0.3, 0.4) is 0 Å². The van der Waals surface area contributed by atoms with E-state index in [1.165, 1.54) is 14.2 Å². The van der Waals surface area contributed by atoms with Gasteiger partial charge < -0.3 is 19.7 Å². The number of carbonyl (C=O) groups is 1. The monoisotopic (exact) mass is 362 g/mol. The summed E-state index contributed by atoms with van der Waals surface area (Å²) in [6.45, 7) is 3.52. The Balaban J connectivity index is 2.02. The van der Waals surface area contributed by atoms with E-state index >= 15 is 0 Å². The van der Waals surface area contributed by atoms with Crippen molar-refractivity contribution in [3.8, 4) is 11.5 Å². The summed E-state index contributed by atoms with van der Waals surface area (Å²) in [5.41, 5.74) is 1.64. The lowest BCUT2D eigenvalue weighted by molar-refractivity contribution is -0.116. The molecule has 0 aromatic heterocycles. The molecule has 25 heavy (non-hydrogen) atoms. The van der Waals surface area contributed by atoms with E-state index in [9.17, 15) is 4.79 Å². The predicted octanol–water partition coefficient (Wildman–Crippen LogP) is 4.21. The zero-order valence-electron chi connectivity index (χ0n) is 14.7. The third kappa shape index (κ3) is 5.03. The molecule has 0 radical (unpaired) electrons. The Bertz CT molecular complexity index is 707. The Morgan fingerprint density at radius 1 is 1.12 bits per heavy atom. The molecule has 0 heterocycles. The lowest BCUT2D eigenvalue weighted by Gasteiger charge is -2.23. The fraction of sp³-hybridized carbons (Fsp3) is 0.316. The summed E-state index contributed by atoms with van der Waals surface area (Å²) in [4.78, 5) is 14.5. The van der Waals surface area contributed by atoms with Crippen molar-refractivity contribution in [2.75, 3.05) is 37.5 Å². The van der Waals surface area contributed by atoms with Crippen LogP contribution in [-0.4, -0.2) is 33.2 Å². The van der Waals surface area contributed by atoms with E-state index in [2.05, 4.69) is 17.1 Å². The zero-order valence-corrected chi connectivity index (χ0v) is 15.5. The number of amides is 1. The van der Waals surface area contributed by atoms with Crippen LogP contribution in [0.5, 0.6) is 11.5 Å². The molecule has 1 amide bonds. The summed E-state index contributed by atoms with van der Waals surface area (Å²) in [5.74, 6) is 0.879. The zero-order chi connectivity index (χ0) is 18.2. The molecule has 2 aromatic carbocycles. The number of carbonyl (C=O) groups excluding carboxylic acids is 1. The molecule has 0 aliphatic rings. The molecule has 0 bridgehead atoms. The van der Waals surface area contributed by atoms with Gasteiger partial charge in [0, 0.05) is 37.3 Å². The first-order valence-electron chi connectivity index (χ1n) is 8.10. The molecule has 2 aromatic rings. The van der Waals surface area contributed by atoms with E-state index in [1.807, 2.05) is 30.3 Å². The summed E-state index contributed by atoms with van der Waals surface area (Å²) < 4.78 is 10.5. The van der Waals surface area contributed by atoms with Crippen molar-refractivity contribution in [3.63, 3.8) is 0 Å². The number of benzene rings is 2. The molecule has 0 fully saturated rings. The van der Waals surface area contributed by atoms with Crippen LogP contribution in [0.1, 0.15) is 13.3 Å². The molecule has 0 spiro atoms. The Morgan fingerprint density at radius 2 is 1.80 bits per heavy atom. The Morgan fingerprint density at radius 3 is 2.40 bits per heavy atom. The Kier molecular flexibility index (Phi) is 6.95.